The number of hydrogen-bond donors (Lipinski definition) is 0. The van der Waals surface area contributed by atoms with Gasteiger partial charge in [-0.15, -0.1) is 20.4 Å². The molecule has 2 aromatic rings. The Morgan fingerprint density at radius 1 is 0.850 bits per heavy atom. The van der Waals surface area contributed by atoms with Crippen LogP contribution in [0.2, 0.25) is 0 Å². The average Bonchev–Trinajstić information content (AvgIpc) is 3.11. The molecule has 0 atom stereocenters. The second-order valence-corrected chi connectivity index (χ2v) is 4.54. The van der Waals surface area contributed by atoms with E-state index in [1.807, 2.05) is 0 Å². The summed E-state index contributed by atoms with van der Waals surface area (Å²) in [4.78, 5) is 12.0. The van der Waals surface area contributed by atoms with Crippen LogP contribution < -0.4 is 0 Å². The Kier molecular flexibility index (Phi) is 4.97. The van der Waals surface area contributed by atoms with Gasteiger partial charge in [0.1, 0.15) is 0 Å². The van der Waals surface area contributed by atoms with E-state index in [4.69, 9.17) is 8.83 Å². The van der Waals surface area contributed by atoms with Gasteiger partial charge in [-0.2, -0.15) is 0 Å². The summed E-state index contributed by atoms with van der Waals surface area (Å²) in [6.45, 7) is 4.14. The van der Waals surface area contributed by atoms with Crippen LogP contribution in [-0.2, 0) is 12.8 Å². The Labute approximate surface area is 116 Å². The molecule has 108 valence electrons. The summed E-state index contributed by atoms with van der Waals surface area (Å²) < 4.78 is 10.6. The Bertz CT molecular complexity index is 513. The molecule has 0 aromatic carbocycles. The SMILES string of the molecule is CCCCc1nnc(C(=O)c2nnc(CCCC)o2)o1. The normalized spacial score (nSPS) is 10.9. The number of carbonyl (C=O) groups is 1. The van der Waals surface area contributed by atoms with Crippen molar-refractivity contribution >= 4 is 5.78 Å². The number of aryl methyl sites for hydroxylation is 2. The fraction of sp³-hybridized carbons (Fsp3) is 0.615. The largest absolute Gasteiger partial charge is 0.418 e. The second-order valence-electron chi connectivity index (χ2n) is 4.54. The highest BCUT2D eigenvalue weighted by molar-refractivity contribution is 6.02. The molecule has 0 saturated carbocycles. The lowest BCUT2D eigenvalue weighted by Gasteiger charge is -1.91. The topological polar surface area (TPSA) is 94.9 Å². The third kappa shape index (κ3) is 3.49. The number of aromatic nitrogens is 4. The highest BCUT2D eigenvalue weighted by atomic mass is 16.4. The third-order valence-corrected chi connectivity index (χ3v) is 2.81. The molecule has 0 aliphatic heterocycles. The fourth-order valence-corrected chi connectivity index (χ4v) is 1.64. The molecule has 0 unspecified atom stereocenters. The maximum absolute atomic E-state index is 12.0. The first-order chi connectivity index (χ1) is 9.74. The molecule has 0 spiro atoms. The molecule has 2 aromatic heterocycles. The minimum Gasteiger partial charge on any atom is -0.418 e. The van der Waals surface area contributed by atoms with Crippen LogP contribution in [0.3, 0.4) is 0 Å². The zero-order valence-electron chi connectivity index (χ0n) is 11.8. The molecule has 0 amide bonds. The first-order valence-corrected chi connectivity index (χ1v) is 6.94. The molecule has 0 fully saturated rings. The van der Waals surface area contributed by atoms with E-state index in [1.165, 1.54) is 0 Å². The average molecular weight is 278 g/mol. The van der Waals surface area contributed by atoms with Gasteiger partial charge in [0.2, 0.25) is 11.8 Å². The smallest absolute Gasteiger partial charge is 0.306 e. The molecule has 0 saturated heterocycles. The summed E-state index contributed by atoms with van der Waals surface area (Å²) in [6, 6.07) is 0. The van der Waals surface area contributed by atoms with Crippen molar-refractivity contribution in [1.29, 1.82) is 0 Å². The van der Waals surface area contributed by atoms with E-state index in [1.54, 1.807) is 0 Å². The standard InChI is InChI=1S/C13H18N4O3/c1-3-5-7-9-14-16-12(19-9)11(18)13-17-15-10(20-13)8-6-4-2/h3-8H2,1-2H3. The molecule has 0 aliphatic rings. The van der Waals surface area contributed by atoms with Crippen LogP contribution in [0.25, 0.3) is 0 Å². The second kappa shape index (κ2) is 6.93. The van der Waals surface area contributed by atoms with Gasteiger partial charge in [0.25, 0.3) is 11.8 Å². The van der Waals surface area contributed by atoms with Crippen molar-refractivity contribution < 1.29 is 13.6 Å². The molecule has 0 aliphatic carbocycles. The van der Waals surface area contributed by atoms with Crippen LogP contribution >= 0.6 is 0 Å². The lowest BCUT2D eigenvalue weighted by Crippen LogP contribution is -2.02. The van der Waals surface area contributed by atoms with Gasteiger partial charge in [-0.25, -0.2) is 0 Å². The summed E-state index contributed by atoms with van der Waals surface area (Å²) in [7, 11) is 0. The molecular formula is C13H18N4O3. The Morgan fingerprint density at radius 2 is 1.30 bits per heavy atom. The molecule has 20 heavy (non-hydrogen) atoms. The Balaban J connectivity index is 2.02. The lowest BCUT2D eigenvalue weighted by molar-refractivity contribution is 0.0966. The molecule has 7 nitrogen and oxygen atoms in total. The number of hydrogen-bond acceptors (Lipinski definition) is 7. The fourth-order valence-electron chi connectivity index (χ4n) is 1.64. The van der Waals surface area contributed by atoms with Crippen molar-refractivity contribution in [2.75, 3.05) is 0 Å². The van der Waals surface area contributed by atoms with E-state index in [-0.39, 0.29) is 11.8 Å². The van der Waals surface area contributed by atoms with Gasteiger partial charge in [-0.05, 0) is 12.8 Å². The van der Waals surface area contributed by atoms with Crippen molar-refractivity contribution in [3.8, 4) is 0 Å². The van der Waals surface area contributed by atoms with Gasteiger partial charge in [-0.3, -0.25) is 4.79 Å². The molecule has 7 heteroatoms. The monoisotopic (exact) mass is 278 g/mol. The molecular weight excluding hydrogens is 260 g/mol. The predicted octanol–water partition coefficient (Wildman–Crippen LogP) is 2.37. The Morgan fingerprint density at radius 3 is 1.70 bits per heavy atom. The van der Waals surface area contributed by atoms with E-state index in [2.05, 4.69) is 34.2 Å². The highest BCUT2D eigenvalue weighted by Gasteiger charge is 2.22. The van der Waals surface area contributed by atoms with Crippen molar-refractivity contribution in [3.05, 3.63) is 23.6 Å². The third-order valence-electron chi connectivity index (χ3n) is 2.81. The summed E-state index contributed by atoms with van der Waals surface area (Å²) in [5, 5.41) is 15.1. The van der Waals surface area contributed by atoms with E-state index in [0.717, 1.165) is 25.7 Å². The first kappa shape index (κ1) is 14.4. The summed E-state index contributed by atoms with van der Waals surface area (Å²) >= 11 is 0. The maximum Gasteiger partial charge on any atom is 0.306 e. The number of ketones is 1. The van der Waals surface area contributed by atoms with Crippen molar-refractivity contribution in [2.24, 2.45) is 0 Å². The van der Waals surface area contributed by atoms with Gasteiger partial charge in [-0.1, -0.05) is 26.7 Å². The molecule has 0 radical (unpaired) electrons. The zero-order chi connectivity index (χ0) is 14.4. The van der Waals surface area contributed by atoms with Crippen LogP contribution in [0.5, 0.6) is 0 Å². The number of nitrogens with zero attached hydrogens (tertiary/aromatic N) is 4. The van der Waals surface area contributed by atoms with Crippen LogP contribution in [-0.4, -0.2) is 26.2 Å². The molecule has 2 heterocycles. The lowest BCUT2D eigenvalue weighted by atomic mass is 10.2. The maximum atomic E-state index is 12.0. The minimum atomic E-state index is -0.518. The van der Waals surface area contributed by atoms with Crippen LogP contribution in [0, 0.1) is 0 Å². The van der Waals surface area contributed by atoms with Gasteiger partial charge >= 0.3 is 5.78 Å². The minimum absolute atomic E-state index is 0.0956. The number of carbonyl (C=O) groups excluding carboxylic acids is 1. The van der Waals surface area contributed by atoms with Gasteiger partial charge in [0.15, 0.2) is 0 Å². The van der Waals surface area contributed by atoms with Crippen molar-refractivity contribution in [1.82, 2.24) is 20.4 Å². The van der Waals surface area contributed by atoms with E-state index in [9.17, 15) is 4.79 Å². The molecule has 0 bridgehead atoms. The number of unbranched alkanes of at least 4 members (excludes halogenated alkanes) is 2. The van der Waals surface area contributed by atoms with Gasteiger partial charge in [0.05, 0.1) is 0 Å². The van der Waals surface area contributed by atoms with Gasteiger partial charge in [0, 0.05) is 12.8 Å². The summed E-state index contributed by atoms with van der Waals surface area (Å²) in [6.07, 6.45) is 5.27. The van der Waals surface area contributed by atoms with Crippen LogP contribution in [0.1, 0.15) is 67.9 Å². The number of rotatable bonds is 8. The van der Waals surface area contributed by atoms with E-state index >= 15 is 0 Å². The predicted molar refractivity (Wildman–Crippen MR) is 69.3 cm³/mol. The van der Waals surface area contributed by atoms with Crippen LogP contribution in [0.4, 0.5) is 0 Å². The van der Waals surface area contributed by atoms with E-state index < -0.39 is 5.78 Å². The van der Waals surface area contributed by atoms with Gasteiger partial charge < -0.3 is 8.83 Å². The highest BCUT2D eigenvalue weighted by Crippen LogP contribution is 2.11. The summed E-state index contributed by atoms with van der Waals surface area (Å²) in [5.74, 6) is 0.209. The molecule has 2 rings (SSSR count). The zero-order valence-corrected chi connectivity index (χ0v) is 11.8. The quantitative estimate of drug-likeness (QED) is 0.684. The van der Waals surface area contributed by atoms with Crippen LogP contribution in [0.15, 0.2) is 8.83 Å². The van der Waals surface area contributed by atoms with Crippen molar-refractivity contribution in [2.45, 2.75) is 52.4 Å². The van der Waals surface area contributed by atoms with Crippen molar-refractivity contribution in [3.63, 3.8) is 0 Å². The summed E-state index contributed by atoms with van der Waals surface area (Å²) in [5.41, 5.74) is 0. The Hall–Kier alpha value is -2.05. The first-order valence-electron chi connectivity index (χ1n) is 6.94. The molecule has 0 N–H and O–H groups in total. The van der Waals surface area contributed by atoms with E-state index in [0.29, 0.717) is 24.6 Å².